The first-order valence-electron chi connectivity index (χ1n) is 9.43. The fourth-order valence-electron chi connectivity index (χ4n) is 4.42. The lowest BCUT2D eigenvalue weighted by Gasteiger charge is -2.35. The minimum Gasteiger partial charge on any atom is -0.497 e. The number of thiophene rings is 1. The van der Waals surface area contributed by atoms with Crippen molar-refractivity contribution in [3.63, 3.8) is 0 Å². The van der Waals surface area contributed by atoms with Gasteiger partial charge in [-0.3, -0.25) is 0 Å². The van der Waals surface area contributed by atoms with Crippen LogP contribution >= 0.6 is 34.5 Å². The van der Waals surface area contributed by atoms with Crippen molar-refractivity contribution in [3.05, 3.63) is 121 Å². The number of benzene rings is 3. The van der Waals surface area contributed by atoms with E-state index < -0.39 is 0 Å². The quantitative estimate of drug-likeness (QED) is 0.281. The minimum atomic E-state index is 0.0227. The molecular weight excluding hydrogens is 419 g/mol. The summed E-state index contributed by atoms with van der Waals surface area (Å²) in [6.45, 7) is 0. The lowest BCUT2D eigenvalue weighted by Crippen LogP contribution is -2.20. The fourth-order valence-corrected chi connectivity index (χ4v) is 5.86. The summed E-state index contributed by atoms with van der Waals surface area (Å²) in [6.07, 6.45) is 0. The van der Waals surface area contributed by atoms with E-state index in [9.17, 15) is 0 Å². The van der Waals surface area contributed by atoms with Crippen molar-refractivity contribution in [1.82, 2.24) is 0 Å². The summed E-state index contributed by atoms with van der Waals surface area (Å²) in [5.74, 6) is 0.947. The second-order valence-electron chi connectivity index (χ2n) is 7.14. The summed E-state index contributed by atoms with van der Waals surface area (Å²) >= 11 is 15.4. The molecule has 4 aromatic rings. The molecule has 0 saturated heterocycles. The van der Waals surface area contributed by atoms with E-state index in [2.05, 4.69) is 41.8 Å². The Morgan fingerprint density at radius 2 is 1.34 bits per heavy atom. The van der Waals surface area contributed by atoms with Gasteiger partial charge in [0.05, 0.1) is 7.11 Å². The third-order valence-electron chi connectivity index (χ3n) is 5.65. The van der Waals surface area contributed by atoms with Crippen LogP contribution in [0, 0.1) is 0 Å². The topological polar surface area (TPSA) is 9.23 Å². The molecule has 0 N–H and O–H groups in total. The molecule has 1 nitrogen and oxygen atoms in total. The summed E-state index contributed by atoms with van der Waals surface area (Å²) < 4.78 is 5.36. The predicted molar refractivity (Wildman–Crippen MR) is 122 cm³/mol. The van der Waals surface area contributed by atoms with Gasteiger partial charge in [0, 0.05) is 26.8 Å². The van der Waals surface area contributed by atoms with E-state index in [-0.39, 0.29) is 11.8 Å². The van der Waals surface area contributed by atoms with E-state index in [1.165, 1.54) is 27.1 Å². The maximum absolute atomic E-state index is 6.82. The molecule has 1 aliphatic carbocycles. The summed E-state index contributed by atoms with van der Waals surface area (Å²) in [5.41, 5.74) is 5.94. The number of ether oxygens (including phenoxy) is 1. The number of hydrogen-bond donors (Lipinski definition) is 0. The summed E-state index contributed by atoms with van der Waals surface area (Å²) in [5, 5.41) is 3.70. The van der Waals surface area contributed by atoms with Gasteiger partial charge in [-0.25, -0.2) is 0 Å². The Morgan fingerprint density at radius 3 is 1.93 bits per heavy atom. The van der Waals surface area contributed by atoms with Gasteiger partial charge in [-0.05, 0) is 63.5 Å². The van der Waals surface area contributed by atoms with Crippen LogP contribution in [0.4, 0.5) is 0 Å². The van der Waals surface area contributed by atoms with Crippen molar-refractivity contribution < 1.29 is 4.74 Å². The van der Waals surface area contributed by atoms with Crippen LogP contribution in [-0.2, 0) is 0 Å². The van der Waals surface area contributed by atoms with Gasteiger partial charge < -0.3 is 4.74 Å². The van der Waals surface area contributed by atoms with Gasteiger partial charge in [0.25, 0.3) is 0 Å². The first-order chi connectivity index (χ1) is 14.2. The molecule has 1 aliphatic rings. The average Bonchev–Trinajstić information content (AvgIpc) is 3.27. The van der Waals surface area contributed by atoms with Gasteiger partial charge in [-0.15, -0.1) is 11.3 Å². The zero-order valence-electron chi connectivity index (χ0n) is 15.7. The van der Waals surface area contributed by atoms with Crippen LogP contribution in [0.5, 0.6) is 5.75 Å². The average molecular weight is 437 g/mol. The third kappa shape index (κ3) is 3.07. The molecule has 144 valence electrons. The highest BCUT2D eigenvalue weighted by molar-refractivity contribution is 7.10. The lowest BCUT2D eigenvalue weighted by atomic mass is 9.69. The van der Waals surface area contributed by atoms with Crippen LogP contribution in [0.2, 0.25) is 10.0 Å². The van der Waals surface area contributed by atoms with Gasteiger partial charge in [-0.2, -0.15) is 0 Å². The molecule has 4 heteroatoms. The van der Waals surface area contributed by atoms with E-state index in [0.717, 1.165) is 21.4 Å². The lowest BCUT2D eigenvalue weighted by molar-refractivity contribution is 0.414. The first kappa shape index (κ1) is 18.7. The standard InChI is InChI=1S/C25H18Cl2OS/c1-28-16-12-10-15(11-13-16)22-17-5-2-8-20(27)24(17)25(21-9-4-14-29-21)18-6-3-7-19(26)23(18)22/h2-14,22,25H,1H3/t22-,25-/m0/s1. The Balaban J connectivity index is 1.82. The molecule has 0 amide bonds. The molecule has 0 aliphatic heterocycles. The normalized spacial score (nSPS) is 17.5. The summed E-state index contributed by atoms with van der Waals surface area (Å²) in [4.78, 5) is 1.27. The zero-order chi connectivity index (χ0) is 20.0. The Labute approximate surface area is 184 Å². The maximum Gasteiger partial charge on any atom is 0.118 e. The van der Waals surface area contributed by atoms with E-state index in [0.29, 0.717) is 0 Å². The number of methoxy groups -OCH3 is 1. The molecule has 0 spiro atoms. The fraction of sp³-hybridized carbons (Fsp3) is 0.120. The number of rotatable bonds is 3. The van der Waals surface area contributed by atoms with E-state index in [1.54, 1.807) is 18.4 Å². The molecule has 3 aromatic carbocycles. The van der Waals surface area contributed by atoms with Crippen LogP contribution in [0.3, 0.4) is 0 Å². The number of fused-ring (bicyclic) bond motifs is 2. The highest BCUT2D eigenvalue weighted by atomic mass is 35.5. The van der Waals surface area contributed by atoms with Gasteiger partial charge in [-0.1, -0.05) is 65.7 Å². The van der Waals surface area contributed by atoms with Crippen molar-refractivity contribution in [2.45, 2.75) is 11.8 Å². The van der Waals surface area contributed by atoms with E-state index >= 15 is 0 Å². The molecule has 0 radical (unpaired) electrons. The predicted octanol–water partition coefficient (Wildman–Crippen LogP) is 7.74. The Hall–Kier alpha value is -2.26. The molecule has 0 fully saturated rings. The molecule has 0 saturated carbocycles. The van der Waals surface area contributed by atoms with Crippen molar-refractivity contribution in [2.24, 2.45) is 0 Å². The Bertz CT molecular complexity index is 1170. The van der Waals surface area contributed by atoms with Gasteiger partial charge >= 0.3 is 0 Å². The smallest absolute Gasteiger partial charge is 0.118 e. The highest BCUT2D eigenvalue weighted by Crippen LogP contribution is 2.53. The highest BCUT2D eigenvalue weighted by Gasteiger charge is 2.37. The molecule has 1 heterocycles. The first-order valence-corrected chi connectivity index (χ1v) is 11.1. The second-order valence-corrected chi connectivity index (χ2v) is 8.93. The van der Waals surface area contributed by atoms with Crippen molar-refractivity contribution >= 4 is 34.5 Å². The summed E-state index contributed by atoms with van der Waals surface area (Å²) in [7, 11) is 1.68. The zero-order valence-corrected chi connectivity index (χ0v) is 18.1. The van der Waals surface area contributed by atoms with Crippen LogP contribution in [0.15, 0.2) is 78.2 Å². The monoisotopic (exact) mass is 436 g/mol. The molecule has 1 aromatic heterocycles. The molecule has 29 heavy (non-hydrogen) atoms. The Kier molecular flexibility index (Phi) is 4.87. The minimum absolute atomic E-state index is 0.0227. The largest absolute Gasteiger partial charge is 0.497 e. The molecule has 5 rings (SSSR count). The molecule has 0 unspecified atom stereocenters. The molecule has 0 bridgehead atoms. The van der Waals surface area contributed by atoms with Crippen LogP contribution < -0.4 is 4.74 Å². The van der Waals surface area contributed by atoms with Gasteiger partial charge in [0.15, 0.2) is 0 Å². The van der Waals surface area contributed by atoms with Crippen molar-refractivity contribution in [3.8, 4) is 5.75 Å². The van der Waals surface area contributed by atoms with Crippen LogP contribution in [0.25, 0.3) is 0 Å². The van der Waals surface area contributed by atoms with Crippen LogP contribution in [-0.4, -0.2) is 7.11 Å². The SMILES string of the molecule is COc1ccc([C@H]2c3cccc(Cl)c3[C@H](c3cccs3)c3cccc(Cl)c32)cc1. The van der Waals surface area contributed by atoms with Crippen molar-refractivity contribution in [1.29, 1.82) is 0 Å². The summed E-state index contributed by atoms with van der Waals surface area (Å²) in [6, 6.07) is 24.9. The second kappa shape index (κ2) is 7.53. The number of halogens is 2. The number of hydrogen-bond acceptors (Lipinski definition) is 2. The molecular formula is C25H18Cl2OS. The van der Waals surface area contributed by atoms with Gasteiger partial charge in [0.1, 0.15) is 5.75 Å². The Morgan fingerprint density at radius 1 is 0.724 bits per heavy atom. The third-order valence-corrected chi connectivity index (χ3v) is 7.25. The molecule has 2 atom stereocenters. The van der Waals surface area contributed by atoms with Gasteiger partial charge in [0.2, 0.25) is 0 Å². The maximum atomic E-state index is 6.82. The van der Waals surface area contributed by atoms with E-state index in [1.807, 2.05) is 36.4 Å². The van der Waals surface area contributed by atoms with Crippen LogP contribution in [0.1, 0.15) is 44.5 Å². The van der Waals surface area contributed by atoms with Crippen molar-refractivity contribution in [2.75, 3.05) is 7.11 Å². The van der Waals surface area contributed by atoms with E-state index in [4.69, 9.17) is 27.9 Å².